The first-order valence-electron chi connectivity index (χ1n) is 7.74. The Labute approximate surface area is 158 Å². The highest BCUT2D eigenvalue weighted by molar-refractivity contribution is 7.91. The maximum atomic E-state index is 13.0. The molecule has 0 fully saturated rings. The summed E-state index contributed by atoms with van der Waals surface area (Å²) in [7, 11) is -2.28. The minimum atomic E-state index is -3.78. The number of amides is 1. The molecule has 1 N–H and O–H groups in total. The molecular formula is C17H14ClFN2O5S. The number of rotatable bonds is 5. The van der Waals surface area contributed by atoms with Crippen molar-refractivity contribution in [2.24, 2.45) is 7.05 Å². The highest BCUT2D eigenvalue weighted by Gasteiger charge is 2.19. The molecule has 0 unspecified atom stereocenters. The number of benzene rings is 2. The Bertz CT molecular complexity index is 1200. The molecule has 3 aromatic rings. The van der Waals surface area contributed by atoms with E-state index in [1.807, 2.05) is 0 Å². The lowest BCUT2D eigenvalue weighted by molar-refractivity contribution is -0.115. The van der Waals surface area contributed by atoms with E-state index in [1.165, 1.54) is 35.9 Å². The van der Waals surface area contributed by atoms with Gasteiger partial charge in [0.1, 0.15) is 5.82 Å². The number of nitrogens with one attached hydrogen (secondary N) is 1. The molecule has 0 aliphatic heterocycles. The van der Waals surface area contributed by atoms with E-state index in [0.717, 1.165) is 12.1 Å². The summed E-state index contributed by atoms with van der Waals surface area (Å²) in [6.07, 6.45) is -0.327. The van der Waals surface area contributed by atoms with Crippen LogP contribution in [0.1, 0.15) is 6.42 Å². The van der Waals surface area contributed by atoms with Crippen LogP contribution in [0.15, 0.2) is 50.5 Å². The van der Waals surface area contributed by atoms with Crippen molar-refractivity contribution in [1.82, 2.24) is 4.57 Å². The van der Waals surface area contributed by atoms with E-state index in [2.05, 4.69) is 5.32 Å². The molecule has 0 saturated carbocycles. The molecule has 10 heteroatoms. The SMILES string of the molecule is Cn1c(=O)oc2cc(S(=O)(=O)CCC(=O)Nc3ccc(F)cc3Cl)ccc21. The van der Waals surface area contributed by atoms with E-state index >= 15 is 0 Å². The number of aryl methyl sites for hydroxylation is 1. The Hall–Kier alpha value is -2.65. The predicted molar refractivity (Wildman–Crippen MR) is 98.2 cm³/mol. The van der Waals surface area contributed by atoms with E-state index in [9.17, 15) is 22.4 Å². The maximum Gasteiger partial charge on any atom is 0.419 e. The van der Waals surface area contributed by atoms with Crippen LogP contribution in [0.5, 0.6) is 0 Å². The summed E-state index contributed by atoms with van der Waals surface area (Å²) in [6.45, 7) is 0. The van der Waals surface area contributed by atoms with Gasteiger partial charge in [-0.2, -0.15) is 0 Å². The third kappa shape index (κ3) is 4.04. The van der Waals surface area contributed by atoms with Gasteiger partial charge >= 0.3 is 5.76 Å². The number of nitrogens with zero attached hydrogens (tertiary/aromatic N) is 1. The molecule has 1 amide bonds. The third-order valence-corrected chi connectivity index (χ3v) is 5.95. The summed E-state index contributed by atoms with van der Waals surface area (Å²) < 4.78 is 44.2. The molecule has 1 heterocycles. The Morgan fingerprint density at radius 1 is 1.26 bits per heavy atom. The predicted octanol–water partition coefficient (Wildman–Crippen LogP) is 2.73. The quantitative estimate of drug-likeness (QED) is 0.694. The largest absolute Gasteiger partial charge is 0.419 e. The number of halogens is 2. The molecule has 1 aromatic heterocycles. The standard InChI is InChI=1S/C17H14ClFN2O5S/c1-21-14-5-3-11(9-15(14)26-17(21)23)27(24,25)7-6-16(22)20-13-4-2-10(19)8-12(13)18/h2-5,8-9H,6-7H2,1H3,(H,20,22). The maximum absolute atomic E-state index is 13.0. The van der Waals surface area contributed by atoms with Crippen LogP contribution < -0.4 is 11.1 Å². The van der Waals surface area contributed by atoms with Crippen LogP contribution in [0.2, 0.25) is 5.02 Å². The second kappa shape index (κ2) is 7.16. The van der Waals surface area contributed by atoms with Crippen LogP contribution in [-0.2, 0) is 21.7 Å². The van der Waals surface area contributed by atoms with Crippen LogP contribution >= 0.6 is 11.6 Å². The monoisotopic (exact) mass is 412 g/mol. The van der Waals surface area contributed by atoms with Crippen molar-refractivity contribution in [3.63, 3.8) is 0 Å². The molecule has 3 rings (SSSR count). The molecule has 27 heavy (non-hydrogen) atoms. The van der Waals surface area contributed by atoms with Gasteiger partial charge in [0.05, 0.1) is 26.9 Å². The number of carbonyl (C=O) groups is 1. The summed E-state index contributed by atoms with van der Waals surface area (Å²) in [5.41, 5.74) is 0.793. The summed E-state index contributed by atoms with van der Waals surface area (Å²) in [5, 5.41) is 2.45. The third-order valence-electron chi connectivity index (χ3n) is 3.93. The average Bonchev–Trinajstić information content (AvgIpc) is 2.89. The molecule has 0 saturated heterocycles. The first kappa shape index (κ1) is 19.1. The Morgan fingerprint density at radius 3 is 2.70 bits per heavy atom. The van der Waals surface area contributed by atoms with Crippen LogP contribution in [0, 0.1) is 5.82 Å². The topological polar surface area (TPSA) is 98.4 Å². The number of oxazole rings is 1. The smallest absolute Gasteiger partial charge is 0.408 e. The Morgan fingerprint density at radius 2 is 2.00 bits per heavy atom. The van der Waals surface area contributed by atoms with Gasteiger partial charge in [-0.05, 0) is 30.3 Å². The van der Waals surface area contributed by atoms with E-state index in [1.54, 1.807) is 0 Å². The van der Waals surface area contributed by atoms with Gasteiger partial charge < -0.3 is 9.73 Å². The van der Waals surface area contributed by atoms with Crippen molar-refractivity contribution in [2.75, 3.05) is 11.1 Å². The van der Waals surface area contributed by atoms with Crippen molar-refractivity contribution in [3.05, 3.63) is 57.8 Å². The molecule has 142 valence electrons. The van der Waals surface area contributed by atoms with Gasteiger partial charge in [0.25, 0.3) is 0 Å². The lowest BCUT2D eigenvalue weighted by Crippen LogP contribution is -2.17. The summed E-state index contributed by atoms with van der Waals surface area (Å²) in [4.78, 5) is 23.4. The van der Waals surface area contributed by atoms with Crippen molar-refractivity contribution in [1.29, 1.82) is 0 Å². The van der Waals surface area contributed by atoms with Gasteiger partial charge in [0, 0.05) is 19.5 Å². The molecule has 0 aliphatic rings. The Kier molecular flexibility index (Phi) is 5.07. The van der Waals surface area contributed by atoms with Gasteiger partial charge in [-0.3, -0.25) is 9.36 Å². The van der Waals surface area contributed by atoms with Gasteiger partial charge in [0.15, 0.2) is 15.4 Å². The number of anilines is 1. The number of sulfone groups is 1. The molecular weight excluding hydrogens is 399 g/mol. The lowest BCUT2D eigenvalue weighted by Gasteiger charge is -2.08. The fraction of sp³-hybridized carbons (Fsp3) is 0.176. The van der Waals surface area contributed by atoms with Gasteiger partial charge in [0.2, 0.25) is 5.91 Å². The molecule has 0 bridgehead atoms. The number of aromatic nitrogens is 1. The fourth-order valence-electron chi connectivity index (χ4n) is 2.46. The van der Waals surface area contributed by atoms with Crippen molar-refractivity contribution >= 4 is 44.1 Å². The van der Waals surface area contributed by atoms with E-state index in [4.69, 9.17) is 16.0 Å². The molecule has 0 radical (unpaired) electrons. The number of fused-ring (bicyclic) bond motifs is 1. The molecule has 7 nitrogen and oxygen atoms in total. The number of hydrogen-bond acceptors (Lipinski definition) is 5. The van der Waals surface area contributed by atoms with Crippen LogP contribution in [0.25, 0.3) is 11.1 Å². The normalized spacial score (nSPS) is 11.7. The van der Waals surface area contributed by atoms with Gasteiger partial charge in [-0.15, -0.1) is 0 Å². The summed E-state index contributed by atoms with van der Waals surface area (Å²) in [5.74, 6) is -2.20. The highest BCUT2D eigenvalue weighted by atomic mass is 35.5. The summed E-state index contributed by atoms with van der Waals surface area (Å²) in [6, 6.07) is 7.51. The Balaban J connectivity index is 1.72. The molecule has 0 aliphatic carbocycles. The van der Waals surface area contributed by atoms with Crippen molar-refractivity contribution in [3.8, 4) is 0 Å². The van der Waals surface area contributed by atoms with Crippen LogP contribution in [-0.4, -0.2) is 24.6 Å². The molecule has 0 atom stereocenters. The second-order valence-corrected chi connectivity index (χ2v) is 8.31. The number of hydrogen-bond donors (Lipinski definition) is 1. The van der Waals surface area contributed by atoms with E-state index in [-0.39, 0.29) is 27.6 Å². The first-order chi connectivity index (χ1) is 12.7. The van der Waals surface area contributed by atoms with Gasteiger partial charge in [-0.25, -0.2) is 17.6 Å². The van der Waals surface area contributed by atoms with Crippen LogP contribution in [0.4, 0.5) is 10.1 Å². The average molecular weight is 413 g/mol. The van der Waals surface area contributed by atoms with Crippen molar-refractivity contribution < 1.29 is 22.0 Å². The fourth-order valence-corrected chi connectivity index (χ4v) is 3.92. The molecule has 2 aromatic carbocycles. The number of carbonyl (C=O) groups excluding carboxylic acids is 1. The highest BCUT2D eigenvalue weighted by Crippen LogP contribution is 2.23. The van der Waals surface area contributed by atoms with Crippen LogP contribution in [0.3, 0.4) is 0 Å². The first-order valence-corrected chi connectivity index (χ1v) is 9.77. The second-order valence-electron chi connectivity index (χ2n) is 5.80. The lowest BCUT2D eigenvalue weighted by atomic mass is 10.3. The summed E-state index contributed by atoms with van der Waals surface area (Å²) >= 11 is 5.82. The molecule has 0 spiro atoms. The zero-order chi connectivity index (χ0) is 19.8. The van der Waals surface area contributed by atoms with E-state index in [0.29, 0.717) is 5.52 Å². The zero-order valence-electron chi connectivity index (χ0n) is 14.0. The van der Waals surface area contributed by atoms with Gasteiger partial charge in [-0.1, -0.05) is 11.6 Å². The minimum Gasteiger partial charge on any atom is -0.408 e. The zero-order valence-corrected chi connectivity index (χ0v) is 15.6. The minimum absolute atomic E-state index is 0.00997. The van der Waals surface area contributed by atoms with E-state index < -0.39 is 33.1 Å². The van der Waals surface area contributed by atoms with Crippen molar-refractivity contribution in [2.45, 2.75) is 11.3 Å².